The lowest BCUT2D eigenvalue weighted by Gasteiger charge is -2.17. The molecule has 3 nitrogen and oxygen atoms in total. The maximum atomic E-state index is 6.02. The lowest BCUT2D eigenvalue weighted by molar-refractivity contribution is 0.461. The minimum Gasteiger partial charge on any atom is -0.327 e. The zero-order chi connectivity index (χ0) is 12.7. The van der Waals surface area contributed by atoms with Crippen LogP contribution < -0.4 is 11.1 Å². The summed E-state index contributed by atoms with van der Waals surface area (Å²) < 4.78 is 0. The van der Waals surface area contributed by atoms with Gasteiger partial charge in [0.25, 0.3) is 0 Å². The number of nitrogens with one attached hydrogen (secondary N) is 1. The van der Waals surface area contributed by atoms with Gasteiger partial charge in [-0.3, -0.25) is 4.98 Å². The van der Waals surface area contributed by atoms with Gasteiger partial charge < -0.3 is 11.1 Å². The summed E-state index contributed by atoms with van der Waals surface area (Å²) in [5.41, 5.74) is 7.30. The molecule has 0 aliphatic rings. The van der Waals surface area contributed by atoms with E-state index >= 15 is 0 Å². The molecular formula is C14H25N3. The Morgan fingerprint density at radius 3 is 2.65 bits per heavy atom. The second-order valence-corrected chi connectivity index (χ2v) is 5.24. The molecule has 17 heavy (non-hydrogen) atoms. The van der Waals surface area contributed by atoms with Gasteiger partial charge in [0.15, 0.2) is 0 Å². The highest BCUT2D eigenvalue weighted by Crippen LogP contribution is 2.11. The monoisotopic (exact) mass is 235 g/mol. The first-order valence-electron chi connectivity index (χ1n) is 6.45. The Morgan fingerprint density at radius 2 is 2.06 bits per heavy atom. The molecule has 1 aromatic rings. The topological polar surface area (TPSA) is 50.9 Å². The van der Waals surface area contributed by atoms with Gasteiger partial charge >= 0.3 is 0 Å². The van der Waals surface area contributed by atoms with Crippen molar-refractivity contribution >= 4 is 0 Å². The van der Waals surface area contributed by atoms with Crippen LogP contribution in [0.4, 0.5) is 0 Å². The van der Waals surface area contributed by atoms with Crippen LogP contribution in [0.3, 0.4) is 0 Å². The Labute approximate surface area is 105 Å². The fourth-order valence-electron chi connectivity index (χ4n) is 1.96. The average Bonchev–Trinajstić information content (AvgIpc) is 2.29. The van der Waals surface area contributed by atoms with E-state index in [0.717, 1.165) is 19.5 Å². The van der Waals surface area contributed by atoms with Crippen LogP contribution in [0.2, 0.25) is 0 Å². The van der Waals surface area contributed by atoms with Crippen LogP contribution >= 0.6 is 0 Å². The van der Waals surface area contributed by atoms with E-state index in [1.54, 1.807) is 0 Å². The van der Waals surface area contributed by atoms with Crippen LogP contribution in [0.15, 0.2) is 24.5 Å². The van der Waals surface area contributed by atoms with Gasteiger partial charge in [0.1, 0.15) is 0 Å². The maximum absolute atomic E-state index is 6.02. The number of rotatable bonds is 7. The number of pyridine rings is 1. The van der Waals surface area contributed by atoms with Crippen molar-refractivity contribution < 1.29 is 0 Å². The van der Waals surface area contributed by atoms with E-state index in [9.17, 15) is 0 Å². The summed E-state index contributed by atoms with van der Waals surface area (Å²) in [5.74, 6) is 1.15. The van der Waals surface area contributed by atoms with Gasteiger partial charge in [0.2, 0.25) is 0 Å². The van der Waals surface area contributed by atoms with Crippen molar-refractivity contribution in [3.63, 3.8) is 0 Å². The Kier molecular flexibility index (Phi) is 6.16. The molecule has 1 aromatic heterocycles. The van der Waals surface area contributed by atoms with Crippen LogP contribution in [0.5, 0.6) is 0 Å². The number of hydrogen-bond acceptors (Lipinski definition) is 3. The maximum Gasteiger partial charge on any atom is 0.0303 e. The molecule has 0 spiro atoms. The number of hydrogen-bond donors (Lipinski definition) is 2. The lowest BCUT2D eigenvalue weighted by Crippen LogP contribution is -2.36. The van der Waals surface area contributed by atoms with E-state index in [1.807, 2.05) is 18.5 Å². The van der Waals surface area contributed by atoms with Crippen molar-refractivity contribution in [3.05, 3.63) is 30.1 Å². The fourth-order valence-corrected chi connectivity index (χ4v) is 1.96. The van der Waals surface area contributed by atoms with E-state index in [1.165, 1.54) is 5.56 Å². The molecule has 3 N–H and O–H groups in total. The summed E-state index contributed by atoms with van der Waals surface area (Å²) >= 11 is 0. The summed E-state index contributed by atoms with van der Waals surface area (Å²) in [7, 11) is 0. The highest BCUT2D eigenvalue weighted by molar-refractivity contribution is 5.13. The van der Waals surface area contributed by atoms with E-state index in [-0.39, 0.29) is 6.04 Å². The predicted molar refractivity (Wildman–Crippen MR) is 73.0 cm³/mol. The summed E-state index contributed by atoms with van der Waals surface area (Å²) in [5, 5.41) is 3.44. The van der Waals surface area contributed by atoms with E-state index in [4.69, 9.17) is 5.73 Å². The molecule has 0 aliphatic carbocycles. The van der Waals surface area contributed by atoms with Crippen molar-refractivity contribution in [2.24, 2.45) is 11.7 Å². The van der Waals surface area contributed by atoms with Gasteiger partial charge in [0.05, 0.1) is 0 Å². The smallest absolute Gasteiger partial charge is 0.0303 e. The Hall–Kier alpha value is -0.930. The first-order chi connectivity index (χ1) is 8.09. The van der Waals surface area contributed by atoms with Gasteiger partial charge in [0, 0.05) is 31.5 Å². The lowest BCUT2D eigenvalue weighted by atomic mass is 10.0. The van der Waals surface area contributed by atoms with Gasteiger partial charge in [-0.25, -0.2) is 0 Å². The third kappa shape index (κ3) is 5.80. The Morgan fingerprint density at radius 1 is 1.29 bits per heavy atom. The molecule has 0 aliphatic heterocycles. The zero-order valence-corrected chi connectivity index (χ0v) is 11.2. The quantitative estimate of drug-likeness (QED) is 0.761. The molecule has 96 valence electrons. The van der Waals surface area contributed by atoms with Crippen molar-refractivity contribution in [2.45, 2.75) is 39.2 Å². The van der Waals surface area contributed by atoms with E-state index < -0.39 is 0 Å². The zero-order valence-electron chi connectivity index (χ0n) is 11.2. The number of nitrogens with two attached hydrogens (primary N) is 1. The second-order valence-electron chi connectivity index (χ2n) is 5.24. The molecule has 0 saturated carbocycles. The third-order valence-electron chi connectivity index (χ3n) is 2.88. The van der Waals surface area contributed by atoms with Crippen molar-refractivity contribution in [3.8, 4) is 0 Å². The van der Waals surface area contributed by atoms with E-state index in [2.05, 4.69) is 37.1 Å². The van der Waals surface area contributed by atoms with Crippen LogP contribution in [-0.2, 0) is 0 Å². The molecule has 0 radical (unpaired) electrons. The molecule has 3 heteroatoms. The number of nitrogens with zero attached hydrogens (tertiary/aromatic N) is 1. The molecule has 0 bridgehead atoms. The highest BCUT2D eigenvalue weighted by Gasteiger charge is 2.07. The molecular weight excluding hydrogens is 210 g/mol. The number of aromatic nitrogens is 1. The average molecular weight is 235 g/mol. The standard InChI is InChI=1S/C14H25N3/c1-11(2)7-14(15)10-17-8-12(3)13-5-4-6-16-9-13/h4-6,9,11-12,14,17H,7-8,10,15H2,1-3H3. The molecule has 0 saturated heterocycles. The van der Waals surface area contributed by atoms with Crippen LogP contribution in [0, 0.1) is 5.92 Å². The molecule has 0 aromatic carbocycles. The highest BCUT2D eigenvalue weighted by atomic mass is 14.9. The van der Waals surface area contributed by atoms with Gasteiger partial charge in [-0.15, -0.1) is 0 Å². The molecule has 2 atom stereocenters. The molecule has 1 heterocycles. The van der Waals surface area contributed by atoms with Crippen molar-refractivity contribution in [1.82, 2.24) is 10.3 Å². The first-order valence-corrected chi connectivity index (χ1v) is 6.45. The minimum atomic E-state index is 0.260. The molecule has 1 rings (SSSR count). The minimum absolute atomic E-state index is 0.260. The van der Waals surface area contributed by atoms with Gasteiger partial charge in [-0.1, -0.05) is 26.8 Å². The van der Waals surface area contributed by atoms with Crippen LogP contribution in [0.25, 0.3) is 0 Å². The summed E-state index contributed by atoms with van der Waals surface area (Å²) in [6.45, 7) is 8.47. The second kappa shape index (κ2) is 7.41. The fraction of sp³-hybridized carbons (Fsp3) is 0.643. The van der Waals surface area contributed by atoms with Crippen LogP contribution in [0.1, 0.15) is 38.7 Å². The molecule has 2 unspecified atom stereocenters. The summed E-state index contributed by atoms with van der Waals surface area (Å²) in [6, 6.07) is 4.36. The van der Waals surface area contributed by atoms with Gasteiger partial charge in [-0.05, 0) is 29.9 Å². The SMILES string of the molecule is CC(C)CC(N)CNCC(C)c1cccnc1. The normalized spacial score (nSPS) is 14.9. The Bertz CT molecular complexity index is 298. The van der Waals surface area contributed by atoms with Gasteiger partial charge in [-0.2, -0.15) is 0 Å². The predicted octanol–water partition coefficient (Wildman–Crippen LogP) is 2.15. The van der Waals surface area contributed by atoms with Crippen LogP contribution in [-0.4, -0.2) is 24.1 Å². The summed E-state index contributed by atoms with van der Waals surface area (Å²) in [6.07, 6.45) is 4.82. The summed E-state index contributed by atoms with van der Waals surface area (Å²) in [4.78, 5) is 4.14. The van der Waals surface area contributed by atoms with E-state index in [0.29, 0.717) is 11.8 Å². The third-order valence-corrected chi connectivity index (χ3v) is 2.88. The Balaban J connectivity index is 2.23. The largest absolute Gasteiger partial charge is 0.327 e. The van der Waals surface area contributed by atoms with Crippen molar-refractivity contribution in [1.29, 1.82) is 0 Å². The first kappa shape index (κ1) is 14.1. The van der Waals surface area contributed by atoms with Crippen molar-refractivity contribution in [2.75, 3.05) is 13.1 Å². The molecule has 0 amide bonds. The molecule has 0 fully saturated rings.